The molecule has 0 spiro atoms. The second kappa shape index (κ2) is 9.98. The van der Waals surface area contributed by atoms with E-state index in [1.54, 1.807) is 66.7 Å². The number of benzene rings is 3. The van der Waals surface area contributed by atoms with Crippen LogP contribution in [0.15, 0.2) is 77.3 Å². The van der Waals surface area contributed by atoms with Gasteiger partial charge in [0.2, 0.25) is 5.91 Å². The maximum atomic E-state index is 13.1. The number of aryl methyl sites for hydroxylation is 2. The number of amides is 3. The van der Waals surface area contributed by atoms with Crippen LogP contribution in [0.25, 0.3) is 0 Å². The Hall–Kier alpha value is -4.92. The van der Waals surface area contributed by atoms with E-state index in [-0.39, 0.29) is 30.9 Å². The van der Waals surface area contributed by atoms with Crippen molar-refractivity contribution in [2.45, 2.75) is 20.5 Å². The Kier molecular flexibility index (Phi) is 6.42. The van der Waals surface area contributed by atoms with E-state index in [2.05, 4.69) is 15.8 Å². The highest BCUT2D eigenvalue weighted by Crippen LogP contribution is 2.30. The molecule has 0 bridgehead atoms. The SMILES string of the molecule is Cc1noc(C)c1COc1cccc(C(=O)Nc2ccc(C(=O)N3CC(=O)Nc4ccccc43)cc2)c1. The third-order valence-electron chi connectivity index (χ3n) is 6.07. The summed E-state index contributed by atoms with van der Waals surface area (Å²) in [5.41, 5.74) is 4.22. The van der Waals surface area contributed by atoms with Crippen molar-refractivity contribution >= 4 is 34.8 Å². The molecule has 2 heterocycles. The average Bonchev–Trinajstić information content (AvgIpc) is 3.23. The summed E-state index contributed by atoms with van der Waals surface area (Å²) in [6, 6.07) is 20.6. The standard InChI is InChI=1S/C28H24N4O5/c1-17-23(18(2)37-31-17)16-36-22-7-5-6-20(14-22)27(34)29-21-12-10-19(11-13-21)28(35)32-15-26(33)30-24-8-3-4-9-25(24)32/h3-14H,15-16H2,1-2H3,(H,29,34)(H,30,33). The summed E-state index contributed by atoms with van der Waals surface area (Å²) in [5.74, 6) is 0.362. The molecule has 5 rings (SSSR count). The maximum absolute atomic E-state index is 13.1. The van der Waals surface area contributed by atoms with Gasteiger partial charge in [-0.15, -0.1) is 0 Å². The maximum Gasteiger partial charge on any atom is 0.258 e. The van der Waals surface area contributed by atoms with Gasteiger partial charge in [-0.1, -0.05) is 23.4 Å². The van der Waals surface area contributed by atoms with Crippen LogP contribution < -0.4 is 20.3 Å². The average molecular weight is 497 g/mol. The quantitative estimate of drug-likeness (QED) is 0.399. The molecule has 3 aromatic carbocycles. The Labute approximate surface area is 213 Å². The summed E-state index contributed by atoms with van der Waals surface area (Å²) in [4.78, 5) is 39.5. The lowest BCUT2D eigenvalue weighted by atomic mass is 10.1. The summed E-state index contributed by atoms with van der Waals surface area (Å²) in [6.45, 7) is 3.89. The molecule has 3 amide bonds. The fraction of sp³-hybridized carbons (Fsp3) is 0.143. The number of hydrogen-bond acceptors (Lipinski definition) is 6. The predicted octanol–water partition coefficient (Wildman–Crippen LogP) is 4.72. The largest absolute Gasteiger partial charge is 0.489 e. The van der Waals surface area contributed by atoms with Gasteiger partial charge >= 0.3 is 0 Å². The van der Waals surface area contributed by atoms with Crippen molar-refractivity contribution < 1.29 is 23.6 Å². The minimum Gasteiger partial charge on any atom is -0.489 e. The van der Waals surface area contributed by atoms with Crippen LogP contribution in [0.1, 0.15) is 37.7 Å². The van der Waals surface area contributed by atoms with Gasteiger partial charge in [-0.25, -0.2) is 0 Å². The Balaban J connectivity index is 1.25. The molecule has 0 atom stereocenters. The molecule has 1 aliphatic heterocycles. The Bertz CT molecular complexity index is 1470. The molecule has 0 aliphatic carbocycles. The molecule has 0 fully saturated rings. The number of hydrogen-bond donors (Lipinski definition) is 2. The number of carbonyl (C=O) groups excluding carboxylic acids is 3. The van der Waals surface area contributed by atoms with Crippen molar-refractivity contribution in [3.63, 3.8) is 0 Å². The Morgan fingerprint density at radius 2 is 1.81 bits per heavy atom. The van der Waals surface area contributed by atoms with Gasteiger partial charge in [-0.2, -0.15) is 0 Å². The number of anilines is 3. The van der Waals surface area contributed by atoms with E-state index in [4.69, 9.17) is 9.26 Å². The van der Waals surface area contributed by atoms with E-state index < -0.39 is 0 Å². The summed E-state index contributed by atoms with van der Waals surface area (Å²) in [6.07, 6.45) is 0. The van der Waals surface area contributed by atoms with Crippen LogP contribution in [-0.4, -0.2) is 29.4 Å². The summed E-state index contributed by atoms with van der Waals surface area (Å²) >= 11 is 0. The van der Waals surface area contributed by atoms with Crippen LogP contribution >= 0.6 is 0 Å². The number of nitrogens with zero attached hydrogens (tertiary/aromatic N) is 2. The normalized spacial score (nSPS) is 12.5. The van der Waals surface area contributed by atoms with Crippen LogP contribution in [-0.2, 0) is 11.4 Å². The van der Waals surface area contributed by atoms with Gasteiger partial charge < -0.3 is 19.9 Å². The van der Waals surface area contributed by atoms with E-state index in [9.17, 15) is 14.4 Å². The smallest absolute Gasteiger partial charge is 0.258 e. The van der Waals surface area contributed by atoms with Crippen LogP contribution in [0.5, 0.6) is 5.75 Å². The molecule has 4 aromatic rings. The second-order valence-electron chi connectivity index (χ2n) is 8.61. The molecule has 186 valence electrons. The van der Waals surface area contributed by atoms with Crippen LogP contribution in [0.3, 0.4) is 0 Å². The summed E-state index contributed by atoms with van der Waals surface area (Å²) in [7, 11) is 0. The van der Waals surface area contributed by atoms with Crippen LogP contribution in [0.2, 0.25) is 0 Å². The first-order chi connectivity index (χ1) is 17.9. The zero-order chi connectivity index (χ0) is 25.9. The fourth-order valence-corrected chi connectivity index (χ4v) is 4.06. The second-order valence-corrected chi connectivity index (χ2v) is 8.61. The van der Waals surface area contributed by atoms with Gasteiger partial charge in [0, 0.05) is 16.8 Å². The third kappa shape index (κ3) is 5.06. The van der Waals surface area contributed by atoms with Gasteiger partial charge in [-0.3, -0.25) is 19.3 Å². The number of fused-ring (bicyclic) bond motifs is 1. The number of nitrogens with one attached hydrogen (secondary N) is 2. The summed E-state index contributed by atoms with van der Waals surface area (Å²) < 4.78 is 11.0. The molecule has 37 heavy (non-hydrogen) atoms. The van der Waals surface area contributed by atoms with Gasteiger partial charge in [0.25, 0.3) is 11.8 Å². The molecule has 9 nitrogen and oxygen atoms in total. The first kappa shape index (κ1) is 23.8. The van der Waals surface area contributed by atoms with Crippen LogP contribution in [0.4, 0.5) is 17.1 Å². The number of rotatable bonds is 6. The van der Waals surface area contributed by atoms with E-state index >= 15 is 0 Å². The zero-order valence-electron chi connectivity index (χ0n) is 20.3. The monoisotopic (exact) mass is 496 g/mol. The van der Waals surface area contributed by atoms with E-state index in [1.807, 2.05) is 19.9 Å². The van der Waals surface area contributed by atoms with Crippen LogP contribution in [0, 0.1) is 13.8 Å². The minimum absolute atomic E-state index is 0.0665. The van der Waals surface area contributed by atoms with Gasteiger partial charge in [0.1, 0.15) is 24.7 Å². The lowest BCUT2D eigenvalue weighted by molar-refractivity contribution is -0.115. The van der Waals surface area contributed by atoms with Crippen molar-refractivity contribution in [3.8, 4) is 5.75 Å². The van der Waals surface area contributed by atoms with Gasteiger partial charge in [0.15, 0.2) is 0 Å². The number of carbonyl (C=O) groups is 3. The van der Waals surface area contributed by atoms with E-state index in [1.165, 1.54) is 4.90 Å². The molecule has 0 saturated carbocycles. The molecular weight excluding hydrogens is 472 g/mol. The van der Waals surface area contributed by atoms with Crippen molar-refractivity contribution in [3.05, 3.63) is 101 Å². The first-order valence-electron chi connectivity index (χ1n) is 11.7. The molecule has 1 aliphatic rings. The molecule has 1 aromatic heterocycles. The predicted molar refractivity (Wildman–Crippen MR) is 138 cm³/mol. The van der Waals surface area contributed by atoms with E-state index in [0.717, 1.165) is 11.3 Å². The molecular formula is C28H24N4O5. The van der Waals surface area contributed by atoms with Crippen molar-refractivity contribution in [1.82, 2.24) is 5.16 Å². The molecule has 2 N–H and O–H groups in total. The zero-order valence-corrected chi connectivity index (χ0v) is 20.3. The lowest BCUT2D eigenvalue weighted by Crippen LogP contribution is -2.42. The van der Waals surface area contributed by atoms with Crippen molar-refractivity contribution in [2.24, 2.45) is 0 Å². The highest BCUT2D eigenvalue weighted by atomic mass is 16.5. The van der Waals surface area contributed by atoms with Gasteiger partial charge in [-0.05, 0) is 68.4 Å². The molecule has 0 radical (unpaired) electrons. The topological polar surface area (TPSA) is 114 Å². The van der Waals surface area contributed by atoms with E-state index in [0.29, 0.717) is 39.7 Å². The highest BCUT2D eigenvalue weighted by Gasteiger charge is 2.27. The number of ether oxygens (including phenoxy) is 1. The number of aromatic nitrogens is 1. The molecule has 0 unspecified atom stereocenters. The molecule has 0 saturated heterocycles. The Morgan fingerprint density at radius 3 is 2.57 bits per heavy atom. The highest BCUT2D eigenvalue weighted by molar-refractivity contribution is 6.15. The first-order valence-corrected chi connectivity index (χ1v) is 11.7. The lowest BCUT2D eigenvalue weighted by Gasteiger charge is -2.29. The minimum atomic E-state index is -0.316. The molecule has 9 heteroatoms. The number of para-hydroxylation sites is 2. The fourth-order valence-electron chi connectivity index (χ4n) is 4.06. The summed E-state index contributed by atoms with van der Waals surface area (Å²) in [5, 5.41) is 9.52. The third-order valence-corrected chi connectivity index (χ3v) is 6.07. The van der Waals surface area contributed by atoms with Gasteiger partial charge in [0.05, 0.1) is 22.6 Å². The Morgan fingerprint density at radius 1 is 1.03 bits per heavy atom. The van der Waals surface area contributed by atoms with Crippen molar-refractivity contribution in [1.29, 1.82) is 0 Å². The van der Waals surface area contributed by atoms with Crippen molar-refractivity contribution in [2.75, 3.05) is 22.1 Å².